The van der Waals surface area contributed by atoms with Crippen LogP contribution >= 0.6 is 0 Å². The van der Waals surface area contributed by atoms with Gasteiger partial charge >= 0.3 is 0 Å². The Morgan fingerprint density at radius 2 is 1.32 bits per heavy atom. The van der Waals surface area contributed by atoms with Gasteiger partial charge in [-0.3, -0.25) is 4.79 Å². The fraction of sp³-hybridized carbons (Fsp3) is 0.345. The van der Waals surface area contributed by atoms with Gasteiger partial charge in [0, 0.05) is 5.69 Å². The molecule has 1 unspecified atom stereocenters. The first-order chi connectivity index (χ1) is 18.2. The number of amides is 1. The van der Waals surface area contributed by atoms with E-state index in [-0.39, 0.29) is 23.7 Å². The number of aliphatic hydroxyl groups is 4. The number of β-lactam (4-membered cyclic amide) rings is 1. The lowest BCUT2D eigenvalue weighted by molar-refractivity contribution is -0.284. The fourth-order valence-electron chi connectivity index (χ4n) is 5.30. The molecule has 2 heterocycles. The molecule has 2 saturated heterocycles. The van der Waals surface area contributed by atoms with Crippen molar-refractivity contribution in [3.8, 4) is 0 Å². The van der Waals surface area contributed by atoms with Crippen LogP contribution in [0.5, 0.6) is 0 Å². The van der Waals surface area contributed by atoms with Crippen molar-refractivity contribution >= 4 is 11.6 Å². The Kier molecular flexibility index (Phi) is 7.56. The van der Waals surface area contributed by atoms with Crippen molar-refractivity contribution < 1.29 is 38.7 Å². The molecule has 3 aromatic rings. The molecule has 7 nitrogen and oxygen atoms in total. The zero-order valence-corrected chi connectivity index (χ0v) is 20.4. The normalized spacial score (nSPS) is 29.3. The van der Waals surface area contributed by atoms with E-state index in [2.05, 4.69) is 0 Å². The second-order valence-electron chi connectivity index (χ2n) is 9.84. The van der Waals surface area contributed by atoms with E-state index in [1.807, 2.05) is 0 Å². The molecule has 0 bridgehead atoms. The molecule has 9 heteroatoms. The number of ether oxygens (including phenoxy) is 1. The van der Waals surface area contributed by atoms with Gasteiger partial charge in [-0.15, -0.1) is 0 Å². The van der Waals surface area contributed by atoms with Crippen LogP contribution in [0.2, 0.25) is 0 Å². The Labute approximate surface area is 218 Å². The van der Waals surface area contributed by atoms with E-state index in [4.69, 9.17) is 4.74 Å². The maximum Gasteiger partial charge on any atom is 0.233 e. The molecule has 2 aliphatic rings. The molecule has 2 fully saturated rings. The highest BCUT2D eigenvalue weighted by Gasteiger charge is 2.48. The minimum absolute atomic E-state index is 0.0731. The molecule has 200 valence electrons. The highest BCUT2D eigenvalue weighted by molar-refractivity contribution is 6.03. The van der Waals surface area contributed by atoms with Crippen LogP contribution < -0.4 is 4.90 Å². The standard InChI is InChI=1S/C29H29F2NO6/c30-19-10-4-16(5-11-19)2-1-3-22-23(32(28(22)36)21-14-12-20(31)13-15-21)17-6-8-18(9-7-17)27-25(34)24(33)26(35)29(37)38-27/h4-15,22-27,29,33-35,37H,1-3H2/t22-,23-,24-,25-,26+,27?,29+/m1/s1. The van der Waals surface area contributed by atoms with Crippen LogP contribution in [0.4, 0.5) is 14.5 Å². The molecule has 38 heavy (non-hydrogen) atoms. The van der Waals surface area contributed by atoms with Gasteiger partial charge in [-0.25, -0.2) is 8.78 Å². The highest BCUT2D eigenvalue weighted by Crippen LogP contribution is 2.46. The van der Waals surface area contributed by atoms with Crippen LogP contribution in [0.25, 0.3) is 0 Å². The van der Waals surface area contributed by atoms with Crippen LogP contribution in [0.15, 0.2) is 72.8 Å². The van der Waals surface area contributed by atoms with E-state index in [9.17, 15) is 34.0 Å². The lowest BCUT2D eigenvalue weighted by Crippen LogP contribution is -2.55. The predicted molar refractivity (Wildman–Crippen MR) is 134 cm³/mol. The molecule has 1 amide bonds. The first-order valence-electron chi connectivity index (χ1n) is 12.6. The lowest BCUT2D eigenvalue weighted by Gasteiger charge is -2.48. The number of nitrogens with zero attached hydrogens (tertiary/aromatic N) is 1. The summed E-state index contributed by atoms with van der Waals surface area (Å²) in [6.07, 6.45) is -5.34. The van der Waals surface area contributed by atoms with E-state index in [1.165, 1.54) is 24.3 Å². The summed E-state index contributed by atoms with van der Waals surface area (Å²) in [6, 6.07) is 18.6. The molecule has 0 radical (unpaired) electrons. The van der Waals surface area contributed by atoms with Crippen molar-refractivity contribution in [2.75, 3.05) is 4.90 Å². The fourth-order valence-corrected chi connectivity index (χ4v) is 5.30. The number of hydrogen-bond acceptors (Lipinski definition) is 6. The second-order valence-corrected chi connectivity index (χ2v) is 9.84. The number of benzene rings is 3. The first-order valence-corrected chi connectivity index (χ1v) is 12.6. The van der Waals surface area contributed by atoms with Crippen molar-refractivity contribution in [1.82, 2.24) is 0 Å². The Balaban J connectivity index is 1.36. The molecule has 7 atom stereocenters. The Bertz CT molecular complexity index is 1250. The van der Waals surface area contributed by atoms with Crippen LogP contribution in [0.1, 0.15) is 41.7 Å². The van der Waals surface area contributed by atoms with Gasteiger partial charge in [-0.1, -0.05) is 36.4 Å². The average molecular weight is 526 g/mol. The quantitative estimate of drug-likeness (QED) is 0.353. The molecule has 0 aromatic heterocycles. The topological polar surface area (TPSA) is 110 Å². The third-order valence-corrected chi connectivity index (χ3v) is 7.41. The van der Waals surface area contributed by atoms with Gasteiger partial charge in [0.1, 0.15) is 36.1 Å². The second kappa shape index (κ2) is 10.9. The van der Waals surface area contributed by atoms with Gasteiger partial charge in [-0.2, -0.15) is 0 Å². The van der Waals surface area contributed by atoms with Gasteiger partial charge in [0.2, 0.25) is 5.91 Å². The Hall–Kier alpha value is -3.21. The molecule has 0 aliphatic carbocycles. The summed E-state index contributed by atoms with van der Waals surface area (Å²) in [5.74, 6) is -1.09. The molecular weight excluding hydrogens is 496 g/mol. The van der Waals surface area contributed by atoms with E-state index in [0.29, 0.717) is 30.5 Å². The van der Waals surface area contributed by atoms with Crippen molar-refractivity contribution in [3.05, 3.63) is 101 Å². The molecule has 0 spiro atoms. The zero-order chi connectivity index (χ0) is 27.0. The monoisotopic (exact) mass is 525 g/mol. The Morgan fingerprint density at radius 1 is 0.737 bits per heavy atom. The summed E-state index contributed by atoms with van der Waals surface area (Å²) in [6.45, 7) is 0. The third kappa shape index (κ3) is 5.08. The molecule has 3 aromatic carbocycles. The maximum atomic E-state index is 13.5. The SMILES string of the molecule is O=C1[C@H](CCCc2ccc(F)cc2)[C@@H](c2ccc(C3O[C@H](O)[C@@H](O)[C@H](O)[C@H]3O)cc2)N1c1ccc(F)cc1. The smallest absolute Gasteiger partial charge is 0.233 e. The minimum Gasteiger partial charge on any atom is -0.387 e. The maximum absolute atomic E-state index is 13.5. The zero-order valence-electron chi connectivity index (χ0n) is 20.4. The van der Waals surface area contributed by atoms with Crippen LogP contribution in [-0.2, 0) is 16.0 Å². The van der Waals surface area contributed by atoms with Gasteiger partial charge in [-0.05, 0) is 72.4 Å². The summed E-state index contributed by atoms with van der Waals surface area (Å²) < 4.78 is 32.1. The number of carbonyl (C=O) groups excluding carboxylic acids is 1. The highest BCUT2D eigenvalue weighted by atomic mass is 19.1. The number of aliphatic hydroxyl groups excluding tert-OH is 4. The summed E-state index contributed by atoms with van der Waals surface area (Å²) in [5.41, 5.74) is 2.86. The van der Waals surface area contributed by atoms with Crippen LogP contribution in [-0.4, -0.2) is 50.9 Å². The third-order valence-electron chi connectivity index (χ3n) is 7.41. The van der Waals surface area contributed by atoms with Crippen LogP contribution in [0, 0.1) is 17.6 Å². The molecule has 4 N–H and O–H groups in total. The van der Waals surface area contributed by atoms with E-state index in [0.717, 1.165) is 11.1 Å². The van der Waals surface area contributed by atoms with E-state index < -0.39 is 36.5 Å². The van der Waals surface area contributed by atoms with Gasteiger partial charge < -0.3 is 30.1 Å². The number of anilines is 1. The minimum atomic E-state index is -1.65. The Morgan fingerprint density at radius 3 is 1.95 bits per heavy atom. The van der Waals surface area contributed by atoms with Gasteiger partial charge in [0.05, 0.1) is 12.0 Å². The van der Waals surface area contributed by atoms with Crippen LogP contribution in [0.3, 0.4) is 0 Å². The summed E-state index contributed by atoms with van der Waals surface area (Å²) in [7, 11) is 0. The van der Waals surface area contributed by atoms with Crippen molar-refractivity contribution in [2.24, 2.45) is 5.92 Å². The molecule has 2 aliphatic heterocycles. The summed E-state index contributed by atoms with van der Waals surface area (Å²) >= 11 is 0. The molecule has 0 saturated carbocycles. The predicted octanol–water partition coefficient (Wildman–Crippen LogP) is 3.16. The van der Waals surface area contributed by atoms with Gasteiger partial charge in [0.25, 0.3) is 0 Å². The number of aryl methyl sites for hydroxylation is 1. The average Bonchev–Trinajstić information content (AvgIpc) is 2.92. The largest absolute Gasteiger partial charge is 0.387 e. The van der Waals surface area contributed by atoms with Gasteiger partial charge in [0.15, 0.2) is 6.29 Å². The van der Waals surface area contributed by atoms with Crippen molar-refractivity contribution in [3.63, 3.8) is 0 Å². The van der Waals surface area contributed by atoms with Crippen molar-refractivity contribution in [2.45, 2.75) is 56.0 Å². The summed E-state index contributed by atoms with van der Waals surface area (Å²) in [4.78, 5) is 14.9. The molecular formula is C29H29F2NO6. The number of halogens is 2. The van der Waals surface area contributed by atoms with E-state index in [1.54, 1.807) is 53.4 Å². The number of hydrogen-bond donors (Lipinski definition) is 4. The first kappa shape index (κ1) is 26.4. The molecule has 5 rings (SSSR count). The summed E-state index contributed by atoms with van der Waals surface area (Å²) in [5, 5.41) is 40.0. The van der Waals surface area contributed by atoms with E-state index >= 15 is 0 Å². The number of rotatable bonds is 7. The number of carbonyl (C=O) groups is 1. The lowest BCUT2D eigenvalue weighted by atomic mass is 9.78. The van der Waals surface area contributed by atoms with Crippen molar-refractivity contribution in [1.29, 1.82) is 0 Å².